The maximum atomic E-state index is 13.9. The zero-order valence-corrected chi connectivity index (χ0v) is 24.5. The number of nitro groups is 1. The average Bonchev–Trinajstić information content (AvgIpc) is 3.41. The number of nitrogens with one attached hydrogen (secondary N) is 1. The largest absolute Gasteiger partial charge is 0.508 e. The van der Waals surface area contributed by atoms with Gasteiger partial charge in [0.2, 0.25) is 17.7 Å². The van der Waals surface area contributed by atoms with E-state index in [-0.39, 0.29) is 23.7 Å². The molecule has 3 unspecified atom stereocenters. The maximum absolute atomic E-state index is 13.9. The van der Waals surface area contributed by atoms with Crippen LogP contribution in [0.4, 0.5) is 17.1 Å². The summed E-state index contributed by atoms with van der Waals surface area (Å²) in [5.74, 6) is -2.90. The molecule has 3 heterocycles. The van der Waals surface area contributed by atoms with Crippen LogP contribution >= 0.6 is 39.0 Å². The number of halogens is 1. The van der Waals surface area contributed by atoms with E-state index in [4.69, 9.17) is 0 Å². The fourth-order valence-corrected chi connectivity index (χ4v) is 8.19. The topological polar surface area (TPSA) is 152 Å². The first-order valence-corrected chi connectivity index (χ1v) is 15.0. The molecule has 4 aromatic rings. The molecule has 3 aromatic carbocycles. The predicted octanol–water partition coefficient (Wildman–Crippen LogP) is 4.72. The Morgan fingerprint density at radius 1 is 0.976 bits per heavy atom. The van der Waals surface area contributed by atoms with Crippen molar-refractivity contribution < 1.29 is 24.4 Å². The number of carbonyl (C=O) groups is 3. The molecule has 1 aromatic heterocycles. The molecule has 2 aliphatic rings. The van der Waals surface area contributed by atoms with Crippen molar-refractivity contribution in [2.75, 3.05) is 10.2 Å². The summed E-state index contributed by atoms with van der Waals surface area (Å²) in [5, 5.41) is 22.9. The highest BCUT2D eigenvalue weighted by Gasteiger charge is 2.56. The lowest BCUT2D eigenvalue weighted by Crippen LogP contribution is -2.33. The van der Waals surface area contributed by atoms with Crippen LogP contribution in [0.3, 0.4) is 0 Å². The van der Waals surface area contributed by atoms with E-state index >= 15 is 0 Å². The normalized spacial score (nSPS) is 19.4. The third-order valence-electron chi connectivity index (χ3n) is 7.05. The number of imide groups is 1. The van der Waals surface area contributed by atoms with Crippen LogP contribution in [0.2, 0.25) is 0 Å². The number of hydrogen-bond acceptors (Lipinski definition) is 9. The zero-order valence-electron chi connectivity index (χ0n) is 21.3. The summed E-state index contributed by atoms with van der Waals surface area (Å²) >= 11 is 5.43. The summed E-state index contributed by atoms with van der Waals surface area (Å²) in [4.78, 5) is 65.6. The molecule has 11 nitrogen and oxygen atoms in total. The molecule has 0 spiro atoms. The first-order chi connectivity index (χ1) is 20.1. The molecule has 1 saturated heterocycles. The highest BCUT2D eigenvalue weighted by molar-refractivity contribution is 9.10. The minimum absolute atomic E-state index is 0.0413. The number of phenols is 1. The van der Waals surface area contributed by atoms with E-state index in [0.29, 0.717) is 15.6 Å². The lowest BCUT2D eigenvalue weighted by molar-refractivity contribution is -0.384. The Bertz CT molecular complexity index is 1800. The number of benzene rings is 3. The summed E-state index contributed by atoms with van der Waals surface area (Å²) in [6, 6.07) is 18.4. The number of anilines is 2. The van der Waals surface area contributed by atoms with Crippen molar-refractivity contribution in [3.8, 4) is 5.75 Å². The van der Waals surface area contributed by atoms with Gasteiger partial charge in [0.15, 0.2) is 0 Å². The van der Waals surface area contributed by atoms with Crippen LogP contribution in [0.15, 0.2) is 87.1 Å². The van der Waals surface area contributed by atoms with Gasteiger partial charge in [-0.05, 0) is 54.1 Å². The minimum Gasteiger partial charge on any atom is -0.508 e. The summed E-state index contributed by atoms with van der Waals surface area (Å²) in [6.45, 7) is -0.322. The fraction of sp³-hybridized carbons (Fsp3) is 0.143. The van der Waals surface area contributed by atoms with E-state index in [1.54, 1.807) is 0 Å². The standard InChI is InChI=1S/C28H19BrN4O7S2/c29-15-3-1-14(2-4-15)21-22-23(26(37)32(25(22)36)17-7-9-18(10-8-17)33(39)40)41-27-24(21)42-28(38)31(27)13-20(35)30-16-5-11-19(34)12-6-16/h1-12,21-23,34H,13H2,(H,30,35). The van der Waals surface area contributed by atoms with Crippen LogP contribution in [0.1, 0.15) is 16.4 Å². The third kappa shape index (κ3) is 4.91. The van der Waals surface area contributed by atoms with Gasteiger partial charge in [-0.3, -0.25) is 33.9 Å². The van der Waals surface area contributed by atoms with Crippen molar-refractivity contribution >= 4 is 73.8 Å². The second kappa shape index (κ2) is 10.9. The number of rotatable bonds is 6. The lowest BCUT2D eigenvalue weighted by Gasteiger charge is -2.30. The van der Waals surface area contributed by atoms with E-state index in [2.05, 4.69) is 21.2 Å². The average molecular weight is 668 g/mol. The second-order valence-corrected chi connectivity index (χ2v) is 12.6. The maximum Gasteiger partial charge on any atom is 0.308 e. The molecule has 3 atom stereocenters. The van der Waals surface area contributed by atoms with Crippen LogP contribution in [0.25, 0.3) is 0 Å². The first-order valence-electron chi connectivity index (χ1n) is 12.5. The molecule has 2 aliphatic heterocycles. The smallest absolute Gasteiger partial charge is 0.308 e. The van der Waals surface area contributed by atoms with Crippen LogP contribution in [-0.4, -0.2) is 37.6 Å². The third-order valence-corrected chi connectivity index (χ3v) is 10.2. The number of aromatic hydroxyl groups is 1. The number of fused-ring (bicyclic) bond motifs is 2. The van der Waals surface area contributed by atoms with Crippen molar-refractivity contribution in [3.63, 3.8) is 0 Å². The van der Waals surface area contributed by atoms with E-state index in [0.717, 1.165) is 38.0 Å². The number of carbonyl (C=O) groups excluding carboxylic acids is 3. The lowest BCUT2D eigenvalue weighted by atomic mass is 9.83. The number of hydrogen-bond donors (Lipinski definition) is 2. The molecule has 6 rings (SSSR count). The quantitative estimate of drug-likeness (QED) is 0.130. The van der Waals surface area contributed by atoms with Crippen molar-refractivity contribution in [1.82, 2.24) is 4.57 Å². The Morgan fingerprint density at radius 2 is 1.64 bits per heavy atom. The van der Waals surface area contributed by atoms with Crippen molar-refractivity contribution in [2.24, 2.45) is 5.92 Å². The number of amides is 3. The number of nitro benzene ring substituents is 1. The Hall–Kier alpha value is -4.27. The van der Waals surface area contributed by atoms with Crippen molar-refractivity contribution in [1.29, 1.82) is 0 Å². The van der Waals surface area contributed by atoms with Crippen LogP contribution in [-0.2, 0) is 20.9 Å². The molecule has 0 radical (unpaired) electrons. The summed E-state index contributed by atoms with van der Waals surface area (Å²) < 4.78 is 2.13. The van der Waals surface area contributed by atoms with E-state index in [1.807, 2.05) is 24.3 Å². The molecule has 0 aliphatic carbocycles. The number of non-ortho nitro benzene ring substituents is 1. The van der Waals surface area contributed by atoms with E-state index < -0.39 is 44.6 Å². The molecule has 212 valence electrons. The van der Waals surface area contributed by atoms with Gasteiger partial charge in [0.25, 0.3) is 5.69 Å². The molecular formula is C28H19BrN4O7S2. The van der Waals surface area contributed by atoms with Crippen LogP contribution in [0.5, 0.6) is 5.75 Å². The van der Waals surface area contributed by atoms with Crippen LogP contribution in [0, 0.1) is 16.0 Å². The van der Waals surface area contributed by atoms with Gasteiger partial charge in [0.1, 0.15) is 17.5 Å². The Kier molecular flexibility index (Phi) is 7.20. The highest BCUT2D eigenvalue weighted by Crippen LogP contribution is 2.54. The van der Waals surface area contributed by atoms with Crippen LogP contribution < -0.4 is 15.1 Å². The molecule has 0 saturated carbocycles. The van der Waals surface area contributed by atoms with Gasteiger partial charge in [-0.15, -0.1) is 0 Å². The molecule has 1 fully saturated rings. The molecular weight excluding hydrogens is 648 g/mol. The highest BCUT2D eigenvalue weighted by atomic mass is 79.9. The molecule has 2 N–H and O–H groups in total. The van der Waals surface area contributed by atoms with Crippen molar-refractivity contribution in [2.45, 2.75) is 22.7 Å². The monoisotopic (exact) mass is 666 g/mol. The summed E-state index contributed by atoms with van der Waals surface area (Å²) in [7, 11) is 0. The first kappa shape index (κ1) is 27.9. The molecule has 3 amide bonds. The van der Waals surface area contributed by atoms with E-state index in [9.17, 15) is 34.4 Å². The zero-order chi connectivity index (χ0) is 29.7. The number of nitrogens with zero attached hydrogens (tertiary/aromatic N) is 3. The van der Waals surface area contributed by atoms with Gasteiger partial charge >= 0.3 is 4.87 Å². The SMILES string of the molecule is O=C(Cn1c2c(sc1=O)C(c1ccc(Br)cc1)C1C(=O)N(c3ccc([N+](=O)[O-])cc3)C(=O)C1S2)Nc1ccc(O)cc1. The van der Waals surface area contributed by atoms with Crippen molar-refractivity contribution in [3.05, 3.63) is 107 Å². The molecule has 0 bridgehead atoms. The number of thioether (sulfide) groups is 1. The fourth-order valence-electron chi connectivity index (χ4n) is 5.15. The Labute approximate surface area is 254 Å². The molecule has 14 heteroatoms. The van der Waals surface area contributed by atoms with Gasteiger partial charge in [-0.1, -0.05) is 51.2 Å². The van der Waals surface area contributed by atoms with Gasteiger partial charge in [-0.25, -0.2) is 4.90 Å². The van der Waals surface area contributed by atoms with Gasteiger partial charge in [0, 0.05) is 33.1 Å². The summed E-state index contributed by atoms with van der Waals surface area (Å²) in [6.07, 6.45) is 0. The van der Waals surface area contributed by atoms with E-state index in [1.165, 1.54) is 53.1 Å². The number of aromatic nitrogens is 1. The number of phenolic OH excluding ortho intramolecular Hbond substituents is 1. The summed E-state index contributed by atoms with van der Waals surface area (Å²) in [5.41, 5.74) is 1.21. The van der Waals surface area contributed by atoms with Gasteiger partial charge in [0.05, 0.1) is 21.6 Å². The van der Waals surface area contributed by atoms with Gasteiger partial charge in [-0.2, -0.15) is 0 Å². The Morgan fingerprint density at radius 3 is 2.29 bits per heavy atom. The second-order valence-electron chi connectivity index (χ2n) is 9.60. The Balaban J connectivity index is 1.39. The van der Waals surface area contributed by atoms with Gasteiger partial charge < -0.3 is 10.4 Å². The number of thiazole rings is 1. The molecule has 42 heavy (non-hydrogen) atoms. The predicted molar refractivity (Wildman–Crippen MR) is 160 cm³/mol. The minimum atomic E-state index is -0.894.